The number of alkyl halides is 2. The van der Waals surface area contributed by atoms with Gasteiger partial charge in [-0.15, -0.1) is 72.8 Å². The van der Waals surface area contributed by atoms with E-state index in [1.165, 1.54) is 0 Å². The second-order valence-electron chi connectivity index (χ2n) is 0.101. The molecule has 0 aliphatic heterocycles. The van der Waals surface area contributed by atoms with Gasteiger partial charge in [-0.1, -0.05) is 7.43 Å². The zero-order valence-corrected chi connectivity index (χ0v) is 7.87. The molecule has 0 aromatic heterocycles. The summed E-state index contributed by atoms with van der Waals surface area (Å²) in [5, 5.41) is 0.194. The lowest BCUT2D eigenvalue weighted by Crippen LogP contribution is -1.24. The fourth-order valence-corrected chi connectivity index (χ4v) is 0. The van der Waals surface area contributed by atoms with E-state index in [-0.39, 0.29) is 62.4 Å². The Balaban J connectivity index is -0.00000000200. The first kappa shape index (κ1) is 53.2. The summed E-state index contributed by atoms with van der Waals surface area (Å²) in [4.78, 5) is 0. The Labute approximate surface area is 85.3 Å². The van der Waals surface area contributed by atoms with Crippen LogP contribution >= 0.6 is 72.8 Å². The molecule has 6 heteroatoms. The fourth-order valence-electron chi connectivity index (χ4n) is 0. The largest absolute Gasteiger partial charge is 0.147 e. The van der Waals surface area contributed by atoms with E-state index < -0.39 is 0 Å². The molecule has 0 aromatic rings. The van der Waals surface area contributed by atoms with Gasteiger partial charge < -0.3 is 0 Å². The van der Waals surface area contributed by atoms with Crippen molar-refractivity contribution in [2.45, 2.75) is 7.43 Å². The molecule has 0 fully saturated rings. The third-order valence-corrected chi connectivity index (χ3v) is 0. The molecule has 0 aliphatic rings. The maximum absolute atomic E-state index is 4.76. The Morgan fingerprint density at radius 1 is 0.750 bits per heavy atom. The Morgan fingerprint density at radius 3 is 0.750 bits per heavy atom. The smallest absolute Gasteiger partial charge is 0.0967 e. The summed E-state index contributed by atoms with van der Waals surface area (Å²) in [5.74, 6) is 0. The minimum absolute atomic E-state index is 0. The molecule has 0 unspecified atom stereocenters. The van der Waals surface area contributed by atoms with E-state index in [2.05, 4.69) is 0 Å². The molecular formula is C2H10Cl6. The van der Waals surface area contributed by atoms with Crippen LogP contribution in [0.2, 0.25) is 0 Å². The summed E-state index contributed by atoms with van der Waals surface area (Å²) in [5.41, 5.74) is 0. The number of halogens is 6. The van der Waals surface area contributed by atoms with Gasteiger partial charge in [0.2, 0.25) is 0 Å². The van der Waals surface area contributed by atoms with Gasteiger partial charge in [0.25, 0.3) is 0 Å². The van der Waals surface area contributed by atoms with Gasteiger partial charge in [-0.3, -0.25) is 0 Å². The molecule has 0 saturated heterocycles. The van der Waals surface area contributed by atoms with Crippen LogP contribution in [0.4, 0.5) is 0 Å². The summed E-state index contributed by atoms with van der Waals surface area (Å²) >= 11 is 9.53. The van der Waals surface area contributed by atoms with Crippen LogP contribution < -0.4 is 0 Å². The molecule has 0 N–H and O–H groups in total. The van der Waals surface area contributed by atoms with Crippen LogP contribution in [-0.2, 0) is 0 Å². The van der Waals surface area contributed by atoms with E-state index in [0.29, 0.717) is 0 Å². The SMILES string of the molecule is C.Cl.Cl.Cl.Cl.ClCCl. The molecular weight excluding hydrogens is 237 g/mol. The van der Waals surface area contributed by atoms with Gasteiger partial charge in [-0.05, 0) is 0 Å². The maximum Gasteiger partial charge on any atom is 0.0967 e. The standard InChI is InChI=1S/CH2Cl2.CH4.4ClH/c2-1-3;;;;;/h1H2;1H4;4*1H. The zero-order chi connectivity index (χ0) is 2.71. The quantitative estimate of drug-likeness (QED) is 0.571. The maximum atomic E-state index is 4.76. The highest BCUT2D eigenvalue weighted by atomic mass is 35.5. The Bertz CT molecular complexity index is 6.49. The molecule has 8 heavy (non-hydrogen) atoms. The lowest BCUT2D eigenvalue weighted by molar-refractivity contribution is 2.20. The number of hydrogen-bond donors (Lipinski definition) is 0. The predicted octanol–water partition coefficient (Wildman–Crippen LogP) is 3.74. The van der Waals surface area contributed by atoms with Crippen molar-refractivity contribution in [1.82, 2.24) is 0 Å². The van der Waals surface area contributed by atoms with E-state index >= 15 is 0 Å². The van der Waals surface area contributed by atoms with Gasteiger partial charge in [0.1, 0.15) is 0 Å². The van der Waals surface area contributed by atoms with Gasteiger partial charge >= 0.3 is 0 Å². The van der Waals surface area contributed by atoms with Crippen molar-refractivity contribution >= 4 is 72.8 Å². The van der Waals surface area contributed by atoms with Crippen molar-refractivity contribution in [3.05, 3.63) is 0 Å². The number of rotatable bonds is 0. The molecule has 0 radical (unpaired) electrons. The molecule has 60 valence electrons. The van der Waals surface area contributed by atoms with E-state index in [9.17, 15) is 0 Å². The Morgan fingerprint density at radius 2 is 0.750 bits per heavy atom. The lowest BCUT2D eigenvalue weighted by Gasteiger charge is -1.42. The zero-order valence-electron chi connectivity index (χ0n) is 3.10. The third kappa shape index (κ3) is 116. The van der Waals surface area contributed by atoms with Gasteiger partial charge in [0, 0.05) is 0 Å². The highest BCUT2D eigenvalue weighted by Crippen LogP contribution is 1.73. The van der Waals surface area contributed by atoms with Crippen LogP contribution in [0.1, 0.15) is 7.43 Å². The predicted molar refractivity (Wildman–Crippen MR) is 52.3 cm³/mol. The molecule has 0 rings (SSSR count). The average molecular weight is 247 g/mol. The molecule has 0 amide bonds. The summed E-state index contributed by atoms with van der Waals surface area (Å²) in [7, 11) is 0. The lowest BCUT2D eigenvalue weighted by atomic mass is 11.9. The Hall–Kier alpha value is 1.74. The molecule has 0 atom stereocenters. The minimum atomic E-state index is 0. The van der Waals surface area contributed by atoms with E-state index in [1.807, 2.05) is 0 Å². The van der Waals surface area contributed by atoms with Crippen LogP contribution in [0.5, 0.6) is 0 Å². The first-order chi connectivity index (χ1) is 1.41. The molecule has 0 bridgehead atoms. The van der Waals surface area contributed by atoms with Crippen molar-refractivity contribution in [2.24, 2.45) is 0 Å². The van der Waals surface area contributed by atoms with Crippen LogP contribution in [0.15, 0.2) is 0 Å². The molecule has 0 heterocycles. The monoisotopic (exact) mass is 244 g/mol. The summed E-state index contributed by atoms with van der Waals surface area (Å²) in [6, 6.07) is 0. The van der Waals surface area contributed by atoms with Crippen molar-refractivity contribution < 1.29 is 0 Å². The topological polar surface area (TPSA) is 0 Å². The van der Waals surface area contributed by atoms with Gasteiger partial charge in [0.05, 0.1) is 5.34 Å². The first-order valence-electron chi connectivity index (χ1n) is 0.535. The van der Waals surface area contributed by atoms with Gasteiger partial charge in [-0.2, -0.15) is 0 Å². The van der Waals surface area contributed by atoms with E-state index in [4.69, 9.17) is 23.2 Å². The summed E-state index contributed by atoms with van der Waals surface area (Å²) in [6.45, 7) is 0. The molecule has 0 aromatic carbocycles. The second-order valence-corrected chi connectivity index (χ2v) is 0.909. The van der Waals surface area contributed by atoms with Gasteiger partial charge in [0.15, 0.2) is 0 Å². The average Bonchev–Trinajstić information content (AvgIpc) is 0.918. The van der Waals surface area contributed by atoms with E-state index in [0.717, 1.165) is 0 Å². The van der Waals surface area contributed by atoms with Crippen molar-refractivity contribution in [3.63, 3.8) is 0 Å². The van der Waals surface area contributed by atoms with Crippen LogP contribution in [0.25, 0.3) is 0 Å². The highest BCUT2D eigenvalue weighted by molar-refractivity contribution is 6.40. The molecule has 0 aliphatic carbocycles. The highest BCUT2D eigenvalue weighted by Gasteiger charge is 1.41. The summed E-state index contributed by atoms with van der Waals surface area (Å²) in [6.07, 6.45) is 0. The van der Waals surface area contributed by atoms with Crippen molar-refractivity contribution in [3.8, 4) is 0 Å². The first-order valence-corrected chi connectivity index (χ1v) is 1.60. The second kappa shape index (κ2) is 69.7. The summed E-state index contributed by atoms with van der Waals surface area (Å²) < 4.78 is 0. The van der Waals surface area contributed by atoms with Crippen LogP contribution in [-0.4, -0.2) is 5.34 Å². The molecule has 0 nitrogen and oxygen atoms in total. The van der Waals surface area contributed by atoms with E-state index in [1.54, 1.807) is 0 Å². The van der Waals surface area contributed by atoms with Crippen LogP contribution in [0, 0.1) is 0 Å². The minimum Gasteiger partial charge on any atom is -0.147 e. The Kier molecular flexibility index (Phi) is 464. The number of hydrogen-bond acceptors (Lipinski definition) is 0. The van der Waals surface area contributed by atoms with Crippen molar-refractivity contribution in [1.29, 1.82) is 0 Å². The fraction of sp³-hybridized carbons (Fsp3) is 1.00. The normalized spacial score (nSPS) is 2.25. The van der Waals surface area contributed by atoms with Crippen molar-refractivity contribution in [2.75, 3.05) is 5.34 Å². The third-order valence-electron chi connectivity index (χ3n) is 0. The van der Waals surface area contributed by atoms with Gasteiger partial charge in [-0.25, -0.2) is 0 Å². The molecule has 0 saturated carbocycles. The molecule has 0 spiro atoms. The van der Waals surface area contributed by atoms with Crippen LogP contribution in [0.3, 0.4) is 0 Å².